The van der Waals surface area contributed by atoms with E-state index in [4.69, 9.17) is 4.98 Å². The molecule has 0 saturated carbocycles. The van der Waals surface area contributed by atoms with Crippen LogP contribution in [0.3, 0.4) is 0 Å². The molecule has 2 atom stereocenters. The molecule has 2 rings (SSSR count). The van der Waals surface area contributed by atoms with E-state index < -0.39 is 0 Å². The van der Waals surface area contributed by atoms with Crippen molar-refractivity contribution in [3.05, 3.63) is 10.6 Å². The maximum absolute atomic E-state index is 10.3. The van der Waals surface area contributed by atoms with Crippen molar-refractivity contribution >= 4 is 16.5 Å². The average molecular weight is 282 g/mol. The van der Waals surface area contributed by atoms with E-state index in [1.807, 2.05) is 0 Å². The van der Waals surface area contributed by atoms with Gasteiger partial charge in [0.1, 0.15) is 0 Å². The highest BCUT2D eigenvalue weighted by molar-refractivity contribution is 7.15. The van der Waals surface area contributed by atoms with Gasteiger partial charge in [0.2, 0.25) is 0 Å². The summed E-state index contributed by atoms with van der Waals surface area (Å²) in [6.45, 7) is 11.1. The monoisotopic (exact) mass is 282 g/mol. The Hall–Kier alpha value is -0.610. The fraction of sp³-hybridized carbons (Fsp3) is 0.800. The first-order valence-corrected chi connectivity index (χ1v) is 7.93. The summed E-state index contributed by atoms with van der Waals surface area (Å²) in [4.78, 5) is 8.11. The Morgan fingerprint density at radius 1 is 1.37 bits per heavy atom. The molecule has 1 heterocycles. The number of aliphatic hydroxyl groups is 1. The first-order valence-electron chi connectivity index (χ1n) is 7.12. The van der Waals surface area contributed by atoms with Crippen LogP contribution in [0.1, 0.15) is 57.7 Å². The molecule has 108 valence electrons. The fourth-order valence-corrected chi connectivity index (χ4v) is 3.77. The second-order valence-electron chi connectivity index (χ2n) is 6.96. The Morgan fingerprint density at radius 3 is 2.58 bits per heavy atom. The summed E-state index contributed by atoms with van der Waals surface area (Å²) in [6.07, 6.45) is 1.47. The van der Waals surface area contributed by atoms with E-state index in [0.717, 1.165) is 28.5 Å². The third kappa shape index (κ3) is 2.95. The summed E-state index contributed by atoms with van der Waals surface area (Å²) in [5, 5.41) is 11.3. The molecule has 0 fully saturated rings. The summed E-state index contributed by atoms with van der Waals surface area (Å²) in [6, 6.07) is 0.456. The topological polar surface area (TPSA) is 36.4 Å². The minimum atomic E-state index is -0.340. The Morgan fingerprint density at radius 2 is 2.00 bits per heavy atom. The van der Waals surface area contributed by atoms with Gasteiger partial charge < -0.3 is 10.0 Å². The number of aliphatic hydroxyl groups excluding tert-OH is 1. The van der Waals surface area contributed by atoms with Gasteiger partial charge in [-0.3, -0.25) is 0 Å². The lowest BCUT2D eigenvalue weighted by Crippen LogP contribution is -2.33. The van der Waals surface area contributed by atoms with Gasteiger partial charge in [0.05, 0.1) is 16.7 Å². The smallest absolute Gasteiger partial charge is 0.185 e. The molecule has 1 aromatic rings. The molecule has 2 unspecified atom stereocenters. The molecule has 1 aromatic heterocycles. The van der Waals surface area contributed by atoms with Crippen LogP contribution in [0.4, 0.5) is 5.13 Å². The van der Waals surface area contributed by atoms with Crippen molar-refractivity contribution in [3.8, 4) is 0 Å². The molecular formula is C15H26N2OS. The van der Waals surface area contributed by atoms with Crippen LogP contribution in [-0.2, 0) is 6.42 Å². The van der Waals surface area contributed by atoms with Gasteiger partial charge in [-0.1, -0.05) is 39.0 Å². The number of hydrogen-bond acceptors (Lipinski definition) is 4. The molecule has 19 heavy (non-hydrogen) atoms. The Labute approximate surface area is 120 Å². The van der Waals surface area contributed by atoms with Crippen molar-refractivity contribution in [1.29, 1.82) is 0 Å². The first-order chi connectivity index (χ1) is 8.71. The zero-order valence-corrected chi connectivity index (χ0v) is 13.7. The van der Waals surface area contributed by atoms with Crippen LogP contribution in [0.2, 0.25) is 0 Å². The van der Waals surface area contributed by atoms with Crippen molar-refractivity contribution in [2.75, 3.05) is 11.9 Å². The van der Waals surface area contributed by atoms with E-state index in [0.29, 0.717) is 12.0 Å². The van der Waals surface area contributed by atoms with Gasteiger partial charge in [0.25, 0.3) is 0 Å². The number of hydrogen-bond donors (Lipinski definition) is 1. The maximum Gasteiger partial charge on any atom is 0.185 e. The van der Waals surface area contributed by atoms with E-state index in [1.165, 1.54) is 0 Å². The van der Waals surface area contributed by atoms with Gasteiger partial charge >= 0.3 is 0 Å². The van der Waals surface area contributed by atoms with Gasteiger partial charge in [0, 0.05) is 13.1 Å². The van der Waals surface area contributed by atoms with Crippen molar-refractivity contribution in [3.63, 3.8) is 0 Å². The largest absolute Gasteiger partial charge is 0.387 e. The standard InChI is InChI=1S/C15H26N2OS/c1-9(2)10(3)17(6)14-16-11-7-15(4,5)8-12(18)13(11)19-14/h9-10,12,18H,7-8H2,1-6H3. The Kier molecular flexibility index (Phi) is 3.94. The average Bonchev–Trinajstić information content (AvgIpc) is 2.69. The Balaban J connectivity index is 2.28. The van der Waals surface area contributed by atoms with Crippen molar-refractivity contribution < 1.29 is 5.11 Å². The molecule has 1 aliphatic carbocycles. The lowest BCUT2D eigenvalue weighted by atomic mass is 9.77. The van der Waals surface area contributed by atoms with Crippen molar-refractivity contribution in [2.24, 2.45) is 11.3 Å². The molecule has 0 amide bonds. The third-order valence-electron chi connectivity index (χ3n) is 4.29. The molecule has 3 nitrogen and oxygen atoms in total. The van der Waals surface area contributed by atoms with E-state index >= 15 is 0 Å². The quantitative estimate of drug-likeness (QED) is 0.919. The van der Waals surface area contributed by atoms with Crippen LogP contribution in [-0.4, -0.2) is 23.2 Å². The normalized spacial score (nSPS) is 23.3. The number of thiazole rings is 1. The van der Waals surface area contributed by atoms with Crippen molar-refractivity contribution in [1.82, 2.24) is 4.98 Å². The number of rotatable bonds is 3. The van der Waals surface area contributed by atoms with Gasteiger partial charge in [-0.15, -0.1) is 0 Å². The van der Waals surface area contributed by atoms with Crippen LogP contribution in [0.15, 0.2) is 0 Å². The van der Waals surface area contributed by atoms with Crippen LogP contribution in [0, 0.1) is 11.3 Å². The number of anilines is 1. The summed E-state index contributed by atoms with van der Waals surface area (Å²) >= 11 is 1.66. The molecule has 1 aliphatic rings. The number of fused-ring (bicyclic) bond motifs is 1. The highest BCUT2D eigenvalue weighted by Crippen LogP contribution is 2.44. The number of nitrogens with zero attached hydrogens (tertiary/aromatic N) is 2. The molecule has 0 spiro atoms. The molecule has 0 aliphatic heterocycles. The third-order valence-corrected chi connectivity index (χ3v) is 5.58. The molecule has 0 bridgehead atoms. The molecule has 4 heteroatoms. The maximum atomic E-state index is 10.3. The summed E-state index contributed by atoms with van der Waals surface area (Å²) < 4.78 is 0. The minimum absolute atomic E-state index is 0.153. The first kappa shape index (κ1) is 14.8. The lowest BCUT2D eigenvalue weighted by molar-refractivity contribution is 0.102. The van der Waals surface area contributed by atoms with E-state index in [1.54, 1.807) is 11.3 Å². The molecule has 1 N–H and O–H groups in total. The summed E-state index contributed by atoms with van der Waals surface area (Å²) in [5.74, 6) is 0.590. The zero-order valence-electron chi connectivity index (χ0n) is 12.9. The predicted octanol–water partition coefficient (Wildman–Crippen LogP) is 3.63. The second kappa shape index (κ2) is 5.06. The van der Waals surface area contributed by atoms with Crippen LogP contribution >= 0.6 is 11.3 Å². The van der Waals surface area contributed by atoms with E-state index in [9.17, 15) is 5.11 Å². The van der Waals surface area contributed by atoms with Crippen LogP contribution in [0.25, 0.3) is 0 Å². The highest BCUT2D eigenvalue weighted by atomic mass is 32.1. The van der Waals surface area contributed by atoms with Gasteiger partial charge in [-0.05, 0) is 31.1 Å². The summed E-state index contributed by atoms with van der Waals surface area (Å²) in [5.41, 5.74) is 1.26. The second-order valence-corrected chi connectivity index (χ2v) is 7.97. The highest BCUT2D eigenvalue weighted by Gasteiger charge is 2.34. The number of aromatic nitrogens is 1. The van der Waals surface area contributed by atoms with Crippen LogP contribution < -0.4 is 4.90 Å². The zero-order chi connectivity index (χ0) is 14.4. The molecule has 0 radical (unpaired) electrons. The van der Waals surface area contributed by atoms with Crippen LogP contribution in [0.5, 0.6) is 0 Å². The van der Waals surface area contributed by atoms with Gasteiger partial charge in [0.15, 0.2) is 5.13 Å². The molecule has 0 saturated heterocycles. The lowest BCUT2D eigenvalue weighted by Gasteiger charge is -2.31. The molecular weight excluding hydrogens is 256 g/mol. The Bertz CT molecular complexity index is 453. The predicted molar refractivity (Wildman–Crippen MR) is 81.9 cm³/mol. The SMILES string of the molecule is CC(C)C(C)N(C)c1nc2c(s1)C(O)CC(C)(C)C2. The summed E-state index contributed by atoms with van der Waals surface area (Å²) in [7, 11) is 2.10. The van der Waals surface area contributed by atoms with Gasteiger partial charge in [-0.2, -0.15) is 0 Å². The fourth-order valence-electron chi connectivity index (χ4n) is 2.65. The van der Waals surface area contributed by atoms with Gasteiger partial charge in [-0.25, -0.2) is 4.98 Å². The minimum Gasteiger partial charge on any atom is -0.387 e. The molecule has 0 aromatic carbocycles. The van der Waals surface area contributed by atoms with E-state index in [2.05, 4.69) is 46.6 Å². The van der Waals surface area contributed by atoms with Crippen molar-refractivity contribution in [2.45, 2.75) is 59.6 Å². The van der Waals surface area contributed by atoms with E-state index in [-0.39, 0.29) is 11.5 Å².